The van der Waals surface area contributed by atoms with Crippen LogP contribution in [-0.4, -0.2) is 54.1 Å². The van der Waals surface area contributed by atoms with Gasteiger partial charge in [0.1, 0.15) is 0 Å². The van der Waals surface area contributed by atoms with E-state index in [1.54, 1.807) is 6.92 Å². The predicted molar refractivity (Wildman–Crippen MR) is 68.8 cm³/mol. The third-order valence-corrected chi connectivity index (χ3v) is 2.24. The van der Waals surface area contributed by atoms with Gasteiger partial charge >= 0.3 is 12.0 Å². The van der Waals surface area contributed by atoms with Gasteiger partial charge in [-0.1, -0.05) is 6.92 Å². The standard InChI is InChI=1S/C10H19N3O4.ClH/c1-4-5-13(6-8(14)15)7(2)9(16)12-10(17)11-3;/h7H,4-6H2,1-3H3,(H,14,15)(H2,11,12,16,17);1H. The van der Waals surface area contributed by atoms with Gasteiger partial charge in [0.2, 0.25) is 5.91 Å². The minimum atomic E-state index is -1.00. The molecule has 0 fully saturated rings. The number of hydrogen-bond donors (Lipinski definition) is 3. The highest BCUT2D eigenvalue weighted by Crippen LogP contribution is 2.00. The van der Waals surface area contributed by atoms with Crippen molar-refractivity contribution in [1.29, 1.82) is 0 Å². The summed E-state index contributed by atoms with van der Waals surface area (Å²) in [5, 5.41) is 13.1. The highest BCUT2D eigenvalue weighted by molar-refractivity contribution is 5.96. The molecule has 0 aromatic heterocycles. The first-order valence-corrected chi connectivity index (χ1v) is 5.40. The maximum absolute atomic E-state index is 11.6. The van der Waals surface area contributed by atoms with Crippen LogP contribution in [0.25, 0.3) is 0 Å². The van der Waals surface area contributed by atoms with Crippen LogP contribution in [0.3, 0.4) is 0 Å². The van der Waals surface area contributed by atoms with Crippen LogP contribution in [0, 0.1) is 0 Å². The maximum atomic E-state index is 11.6. The number of carboxylic acids is 1. The molecule has 1 atom stereocenters. The number of amides is 3. The summed E-state index contributed by atoms with van der Waals surface area (Å²) < 4.78 is 0. The van der Waals surface area contributed by atoms with E-state index in [-0.39, 0.29) is 19.0 Å². The van der Waals surface area contributed by atoms with Crippen molar-refractivity contribution in [1.82, 2.24) is 15.5 Å². The van der Waals surface area contributed by atoms with E-state index in [0.29, 0.717) is 6.54 Å². The Kier molecular flexibility index (Phi) is 10.2. The van der Waals surface area contributed by atoms with E-state index in [0.717, 1.165) is 6.42 Å². The second-order valence-electron chi connectivity index (χ2n) is 3.61. The molecule has 0 bridgehead atoms. The number of urea groups is 1. The number of carbonyl (C=O) groups is 3. The molecular formula is C10H20ClN3O4. The molecule has 18 heavy (non-hydrogen) atoms. The molecule has 0 aromatic rings. The highest BCUT2D eigenvalue weighted by Gasteiger charge is 2.23. The molecule has 106 valence electrons. The van der Waals surface area contributed by atoms with Crippen LogP contribution < -0.4 is 10.6 Å². The Labute approximate surface area is 112 Å². The summed E-state index contributed by atoms with van der Waals surface area (Å²) in [5.41, 5.74) is 0. The number of nitrogens with zero attached hydrogens (tertiary/aromatic N) is 1. The van der Waals surface area contributed by atoms with Crippen LogP contribution >= 0.6 is 12.4 Å². The maximum Gasteiger partial charge on any atom is 0.321 e. The van der Waals surface area contributed by atoms with Gasteiger partial charge in [0.15, 0.2) is 0 Å². The summed E-state index contributed by atoms with van der Waals surface area (Å²) in [6, 6.07) is -1.27. The van der Waals surface area contributed by atoms with Crippen molar-refractivity contribution in [2.24, 2.45) is 0 Å². The second-order valence-corrected chi connectivity index (χ2v) is 3.61. The van der Waals surface area contributed by atoms with Gasteiger partial charge in [0, 0.05) is 7.05 Å². The van der Waals surface area contributed by atoms with Gasteiger partial charge in [-0.25, -0.2) is 4.79 Å². The topological polar surface area (TPSA) is 98.7 Å². The van der Waals surface area contributed by atoms with Crippen LogP contribution in [-0.2, 0) is 9.59 Å². The van der Waals surface area contributed by atoms with Crippen LogP contribution in [0.2, 0.25) is 0 Å². The third kappa shape index (κ3) is 7.08. The van der Waals surface area contributed by atoms with Crippen molar-refractivity contribution in [2.45, 2.75) is 26.3 Å². The first kappa shape index (κ1) is 19.0. The Morgan fingerprint density at radius 2 is 1.89 bits per heavy atom. The average Bonchev–Trinajstić information content (AvgIpc) is 2.26. The third-order valence-electron chi connectivity index (χ3n) is 2.24. The number of nitrogens with one attached hydrogen (secondary N) is 2. The van der Waals surface area contributed by atoms with E-state index >= 15 is 0 Å². The number of imide groups is 1. The zero-order valence-electron chi connectivity index (χ0n) is 10.7. The molecule has 0 aliphatic heterocycles. The largest absolute Gasteiger partial charge is 0.480 e. The minimum absolute atomic E-state index is 0. The Morgan fingerprint density at radius 1 is 1.33 bits per heavy atom. The number of carboxylic acid groups (broad SMARTS) is 1. The van der Waals surface area contributed by atoms with Gasteiger partial charge < -0.3 is 10.4 Å². The van der Waals surface area contributed by atoms with Crippen LogP contribution in [0.5, 0.6) is 0 Å². The minimum Gasteiger partial charge on any atom is -0.480 e. The zero-order chi connectivity index (χ0) is 13.4. The SMILES string of the molecule is CCCN(CC(=O)O)C(C)C(=O)NC(=O)NC.Cl. The molecule has 0 saturated heterocycles. The molecule has 0 aliphatic rings. The van der Waals surface area contributed by atoms with Crippen molar-refractivity contribution in [3.05, 3.63) is 0 Å². The molecule has 0 aliphatic carbocycles. The smallest absolute Gasteiger partial charge is 0.321 e. The summed E-state index contributed by atoms with van der Waals surface area (Å²) in [6.07, 6.45) is 0.727. The Morgan fingerprint density at radius 3 is 2.28 bits per heavy atom. The van der Waals surface area contributed by atoms with E-state index in [4.69, 9.17) is 5.11 Å². The molecule has 0 heterocycles. The van der Waals surface area contributed by atoms with Crippen molar-refractivity contribution >= 4 is 30.3 Å². The van der Waals surface area contributed by atoms with E-state index in [1.165, 1.54) is 11.9 Å². The van der Waals surface area contributed by atoms with Gasteiger partial charge in [-0.15, -0.1) is 12.4 Å². The van der Waals surface area contributed by atoms with Crippen molar-refractivity contribution in [3.63, 3.8) is 0 Å². The summed E-state index contributed by atoms with van der Waals surface area (Å²) in [7, 11) is 1.40. The van der Waals surface area contributed by atoms with Crippen LogP contribution in [0.15, 0.2) is 0 Å². The summed E-state index contributed by atoms with van der Waals surface area (Å²) >= 11 is 0. The summed E-state index contributed by atoms with van der Waals surface area (Å²) in [5.74, 6) is -1.52. The lowest BCUT2D eigenvalue weighted by Crippen LogP contribution is -2.50. The van der Waals surface area contributed by atoms with E-state index in [2.05, 4.69) is 10.6 Å². The second kappa shape index (κ2) is 9.67. The lowest BCUT2D eigenvalue weighted by atomic mass is 10.2. The van der Waals surface area contributed by atoms with Gasteiger partial charge in [-0.05, 0) is 19.9 Å². The molecule has 0 radical (unpaired) electrons. The quantitative estimate of drug-likeness (QED) is 0.639. The molecular weight excluding hydrogens is 262 g/mol. The van der Waals surface area contributed by atoms with Crippen LogP contribution in [0.4, 0.5) is 4.79 Å². The van der Waals surface area contributed by atoms with Crippen LogP contribution in [0.1, 0.15) is 20.3 Å². The van der Waals surface area contributed by atoms with Gasteiger partial charge in [-0.3, -0.25) is 19.8 Å². The lowest BCUT2D eigenvalue weighted by molar-refractivity contribution is -0.139. The summed E-state index contributed by atoms with van der Waals surface area (Å²) in [6.45, 7) is 3.71. The average molecular weight is 282 g/mol. The monoisotopic (exact) mass is 281 g/mol. The molecule has 3 amide bonds. The Hall–Kier alpha value is -1.34. The molecule has 3 N–H and O–H groups in total. The predicted octanol–water partition coefficient (Wildman–Crippen LogP) is 0.0489. The molecule has 1 unspecified atom stereocenters. The van der Waals surface area contributed by atoms with E-state index in [1.807, 2.05) is 6.92 Å². The normalized spacial score (nSPS) is 11.3. The number of aliphatic carboxylic acids is 1. The number of halogens is 1. The molecule has 0 spiro atoms. The van der Waals surface area contributed by atoms with E-state index in [9.17, 15) is 14.4 Å². The number of hydrogen-bond acceptors (Lipinski definition) is 4. The van der Waals surface area contributed by atoms with E-state index < -0.39 is 23.9 Å². The number of rotatable bonds is 6. The molecule has 8 heteroatoms. The highest BCUT2D eigenvalue weighted by atomic mass is 35.5. The molecule has 7 nitrogen and oxygen atoms in total. The number of carbonyl (C=O) groups excluding carboxylic acids is 2. The first-order valence-electron chi connectivity index (χ1n) is 5.40. The van der Waals surface area contributed by atoms with Crippen molar-refractivity contribution in [2.75, 3.05) is 20.1 Å². The van der Waals surface area contributed by atoms with Gasteiger partial charge in [0.05, 0.1) is 12.6 Å². The molecule has 0 saturated carbocycles. The Bertz CT molecular complexity index is 299. The lowest BCUT2D eigenvalue weighted by Gasteiger charge is -2.25. The summed E-state index contributed by atoms with van der Waals surface area (Å²) in [4.78, 5) is 34.7. The Balaban J connectivity index is 0. The molecule has 0 aromatic carbocycles. The van der Waals surface area contributed by atoms with Gasteiger partial charge in [-0.2, -0.15) is 0 Å². The van der Waals surface area contributed by atoms with Gasteiger partial charge in [0.25, 0.3) is 0 Å². The zero-order valence-corrected chi connectivity index (χ0v) is 11.5. The fourth-order valence-electron chi connectivity index (χ4n) is 1.32. The molecule has 0 rings (SSSR count). The fourth-order valence-corrected chi connectivity index (χ4v) is 1.32. The fraction of sp³-hybridized carbons (Fsp3) is 0.700. The van der Waals surface area contributed by atoms with Crippen molar-refractivity contribution in [3.8, 4) is 0 Å². The first-order chi connectivity index (χ1) is 7.92. The van der Waals surface area contributed by atoms with Crippen molar-refractivity contribution < 1.29 is 19.5 Å².